The van der Waals surface area contributed by atoms with Gasteiger partial charge < -0.3 is 14.8 Å². The lowest BCUT2D eigenvalue weighted by atomic mass is 10.1. The SMILES string of the molecule is CCCC(=O)N1CCCN(C(=O)c2ccc3nc(C)[nH]c3c2)CC1. The first-order valence-electron chi connectivity index (χ1n) is 8.62. The number of amides is 2. The first-order valence-corrected chi connectivity index (χ1v) is 8.62. The number of imidazole rings is 1. The van der Waals surface area contributed by atoms with Crippen molar-refractivity contribution in [1.29, 1.82) is 0 Å². The molecule has 0 unspecified atom stereocenters. The average molecular weight is 328 g/mol. The number of carbonyl (C=O) groups excluding carboxylic acids is 2. The van der Waals surface area contributed by atoms with Crippen LogP contribution in [0.25, 0.3) is 11.0 Å². The monoisotopic (exact) mass is 328 g/mol. The van der Waals surface area contributed by atoms with Gasteiger partial charge in [0.1, 0.15) is 5.82 Å². The standard InChI is InChI=1S/C18H24N4O2/c1-3-5-17(23)21-8-4-9-22(11-10-21)18(24)14-6-7-15-16(12-14)20-13(2)19-15/h6-7,12H,3-5,8-11H2,1-2H3,(H,19,20). The minimum atomic E-state index is 0.0222. The Morgan fingerprint density at radius 1 is 1.17 bits per heavy atom. The Morgan fingerprint density at radius 2 is 1.92 bits per heavy atom. The van der Waals surface area contributed by atoms with Crippen LogP contribution in [0.15, 0.2) is 18.2 Å². The molecule has 0 aliphatic carbocycles. The second-order valence-corrected chi connectivity index (χ2v) is 6.33. The predicted molar refractivity (Wildman–Crippen MR) is 92.8 cm³/mol. The number of hydrogen-bond donors (Lipinski definition) is 1. The normalized spacial score (nSPS) is 15.6. The van der Waals surface area contributed by atoms with Gasteiger partial charge in [0.05, 0.1) is 11.0 Å². The van der Waals surface area contributed by atoms with Crippen molar-refractivity contribution in [1.82, 2.24) is 19.8 Å². The van der Waals surface area contributed by atoms with Crippen molar-refractivity contribution >= 4 is 22.8 Å². The summed E-state index contributed by atoms with van der Waals surface area (Å²) in [7, 11) is 0. The summed E-state index contributed by atoms with van der Waals surface area (Å²) in [6.07, 6.45) is 2.28. The summed E-state index contributed by atoms with van der Waals surface area (Å²) >= 11 is 0. The second-order valence-electron chi connectivity index (χ2n) is 6.33. The van der Waals surface area contributed by atoms with Gasteiger partial charge in [-0.15, -0.1) is 0 Å². The van der Waals surface area contributed by atoms with E-state index in [9.17, 15) is 9.59 Å². The van der Waals surface area contributed by atoms with Gasteiger partial charge in [0, 0.05) is 38.2 Å². The summed E-state index contributed by atoms with van der Waals surface area (Å²) in [5, 5.41) is 0. The molecule has 24 heavy (non-hydrogen) atoms. The average Bonchev–Trinajstić information content (AvgIpc) is 2.78. The van der Waals surface area contributed by atoms with Crippen LogP contribution >= 0.6 is 0 Å². The molecule has 2 amide bonds. The van der Waals surface area contributed by atoms with E-state index < -0.39 is 0 Å². The number of rotatable bonds is 3. The molecule has 128 valence electrons. The first kappa shape index (κ1) is 16.5. The van der Waals surface area contributed by atoms with E-state index in [1.54, 1.807) is 0 Å². The summed E-state index contributed by atoms with van der Waals surface area (Å²) in [5.41, 5.74) is 2.42. The van der Waals surface area contributed by atoms with Crippen molar-refractivity contribution in [2.24, 2.45) is 0 Å². The highest BCUT2D eigenvalue weighted by molar-refractivity contribution is 5.97. The Labute approximate surface area is 141 Å². The molecule has 2 aromatic rings. The van der Waals surface area contributed by atoms with Crippen LogP contribution in [-0.2, 0) is 4.79 Å². The molecule has 0 bridgehead atoms. The van der Waals surface area contributed by atoms with Gasteiger partial charge in [0.25, 0.3) is 5.91 Å². The lowest BCUT2D eigenvalue weighted by molar-refractivity contribution is -0.131. The first-order chi connectivity index (χ1) is 11.6. The Kier molecular flexibility index (Phi) is 4.83. The maximum absolute atomic E-state index is 12.8. The molecule has 6 heteroatoms. The zero-order valence-electron chi connectivity index (χ0n) is 14.3. The Morgan fingerprint density at radius 3 is 2.71 bits per heavy atom. The van der Waals surface area contributed by atoms with Crippen LogP contribution in [0.4, 0.5) is 0 Å². The molecule has 1 aliphatic rings. The van der Waals surface area contributed by atoms with Gasteiger partial charge in [-0.1, -0.05) is 6.92 Å². The minimum absolute atomic E-state index is 0.0222. The molecule has 1 aliphatic heterocycles. The van der Waals surface area contributed by atoms with Crippen LogP contribution in [0.3, 0.4) is 0 Å². The molecule has 1 N–H and O–H groups in total. The summed E-state index contributed by atoms with van der Waals surface area (Å²) in [6, 6.07) is 5.57. The van der Waals surface area contributed by atoms with Crippen LogP contribution in [0.5, 0.6) is 0 Å². The number of H-pyrrole nitrogens is 1. The summed E-state index contributed by atoms with van der Waals surface area (Å²) in [6.45, 7) is 6.55. The molecule has 0 saturated carbocycles. The van der Waals surface area contributed by atoms with Gasteiger partial charge in [0.15, 0.2) is 0 Å². The van der Waals surface area contributed by atoms with Gasteiger partial charge in [-0.3, -0.25) is 9.59 Å². The Balaban J connectivity index is 1.70. The molecular formula is C18H24N4O2. The Hall–Kier alpha value is -2.37. The number of fused-ring (bicyclic) bond motifs is 1. The summed E-state index contributed by atoms with van der Waals surface area (Å²) in [4.78, 5) is 36.1. The van der Waals surface area contributed by atoms with Crippen molar-refractivity contribution in [2.75, 3.05) is 26.2 Å². The number of benzene rings is 1. The van der Waals surface area contributed by atoms with E-state index in [0.717, 1.165) is 36.2 Å². The largest absolute Gasteiger partial charge is 0.342 e. The fraction of sp³-hybridized carbons (Fsp3) is 0.500. The molecule has 3 rings (SSSR count). The zero-order chi connectivity index (χ0) is 17.1. The molecule has 2 heterocycles. The molecular weight excluding hydrogens is 304 g/mol. The van der Waals surface area contributed by atoms with Crippen molar-refractivity contribution in [3.8, 4) is 0 Å². The number of carbonyl (C=O) groups is 2. The van der Waals surface area contributed by atoms with E-state index >= 15 is 0 Å². The highest BCUT2D eigenvalue weighted by Crippen LogP contribution is 2.16. The lowest BCUT2D eigenvalue weighted by Gasteiger charge is -2.22. The quantitative estimate of drug-likeness (QED) is 0.940. The van der Waals surface area contributed by atoms with Gasteiger partial charge in [0.2, 0.25) is 5.91 Å². The lowest BCUT2D eigenvalue weighted by Crippen LogP contribution is -2.37. The molecule has 6 nitrogen and oxygen atoms in total. The van der Waals surface area contributed by atoms with Crippen LogP contribution in [-0.4, -0.2) is 57.8 Å². The smallest absolute Gasteiger partial charge is 0.253 e. The highest BCUT2D eigenvalue weighted by atomic mass is 16.2. The maximum Gasteiger partial charge on any atom is 0.253 e. The molecule has 1 aromatic heterocycles. The van der Waals surface area contributed by atoms with E-state index in [1.165, 1.54) is 0 Å². The van der Waals surface area contributed by atoms with E-state index in [2.05, 4.69) is 9.97 Å². The summed E-state index contributed by atoms with van der Waals surface area (Å²) < 4.78 is 0. The number of aromatic amines is 1. The second kappa shape index (κ2) is 7.03. The molecule has 1 fully saturated rings. The van der Waals surface area contributed by atoms with Crippen LogP contribution in [0, 0.1) is 6.92 Å². The van der Waals surface area contributed by atoms with E-state index in [-0.39, 0.29) is 11.8 Å². The molecule has 0 radical (unpaired) electrons. The molecule has 0 spiro atoms. The van der Waals surface area contributed by atoms with Crippen molar-refractivity contribution in [3.05, 3.63) is 29.6 Å². The fourth-order valence-electron chi connectivity index (χ4n) is 3.19. The van der Waals surface area contributed by atoms with Crippen LogP contribution in [0.1, 0.15) is 42.4 Å². The number of aryl methyl sites for hydroxylation is 1. The molecule has 1 aromatic carbocycles. The van der Waals surface area contributed by atoms with Gasteiger partial charge >= 0.3 is 0 Å². The van der Waals surface area contributed by atoms with E-state index in [1.807, 2.05) is 41.8 Å². The number of nitrogens with zero attached hydrogens (tertiary/aromatic N) is 3. The highest BCUT2D eigenvalue weighted by Gasteiger charge is 2.22. The maximum atomic E-state index is 12.8. The predicted octanol–water partition coefficient (Wildman–Crippen LogP) is 2.35. The molecule has 1 saturated heterocycles. The third kappa shape index (κ3) is 3.42. The topological polar surface area (TPSA) is 69.3 Å². The van der Waals surface area contributed by atoms with Crippen LogP contribution in [0.2, 0.25) is 0 Å². The van der Waals surface area contributed by atoms with Gasteiger partial charge in [-0.2, -0.15) is 0 Å². The third-order valence-corrected chi connectivity index (χ3v) is 4.45. The van der Waals surface area contributed by atoms with Crippen molar-refractivity contribution in [2.45, 2.75) is 33.1 Å². The number of aromatic nitrogens is 2. The minimum Gasteiger partial charge on any atom is -0.342 e. The fourth-order valence-corrected chi connectivity index (χ4v) is 3.19. The zero-order valence-corrected chi connectivity index (χ0v) is 14.3. The Bertz CT molecular complexity index is 753. The summed E-state index contributed by atoms with van der Waals surface area (Å²) in [5.74, 6) is 1.06. The molecule has 0 atom stereocenters. The van der Waals surface area contributed by atoms with E-state index in [0.29, 0.717) is 31.6 Å². The third-order valence-electron chi connectivity index (χ3n) is 4.45. The van der Waals surface area contributed by atoms with Gasteiger partial charge in [-0.25, -0.2) is 4.98 Å². The van der Waals surface area contributed by atoms with Crippen molar-refractivity contribution < 1.29 is 9.59 Å². The van der Waals surface area contributed by atoms with Crippen LogP contribution < -0.4 is 0 Å². The van der Waals surface area contributed by atoms with Crippen molar-refractivity contribution in [3.63, 3.8) is 0 Å². The number of hydrogen-bond acceptors (Lipinski definition) is 3. The number of nitrogens with one attached hydrogen (secondary N) is 1. The van der Waals surface area contributed by atoms with Gasteiger partial charge in [-0.05, 0) is 38.0 Å². The van der Waals surface area contributed by atoms with E-state index in [4.69, 9.17) is 0 Å².